The van der Waals surface area contributed by atoms with Crippen LogP contribution in [0.25, 0.3) is 11.4 Å². The van der Waals surface area contributed by atoms with E-state index in [1.165, 1.54) is 0 Å². The first-order valence-corrected chi connectivity index (χ1v) is 18.9. The second kappa shape index (κ2) is 17.7. The molecule has 3 heterocycles. The standard InChI is InChI=1S/C36H47N6O8P/c1-5-48-36(45)41-21-19-40(20-22-41)35(44)31(23-26-13-15-29(16-14-26)51(46,49-6-2)50-7-3)38-34(43)30-24-32(42-18-17-28(25-42)47-4)39-33(37-30)27-11-9-8-10-12-27/h8-16,24,28,31H,5-7,17-23,25H2,1-4H3,(H,38,43). The van der Waals surface area contributed by atoms with Crippen LogP contribution in [0.5, 0.6) is 0 Å². The van der Waals surface area contributed by atoms with Crippen LogP contribution >= 0.6 is 7.60 Å². The normalized spacial score (nSPS) is 16.9. The van der Waals surface area contributed by atoms with Crippen molar-refractivity contribution in [1.29, 1.82) is 0 Å². The van der Waals surface area contributed by atoms with E-state index in [2.05, 4.69) is 15.2 Å². The molecule has 51 heavy (non-hydrogen) atoms. The third-order valence-corrected chi connectivity index (χ3v) is 10.9. The van der Waals surface area contributed by atoms with Gasteiger partial charge in [-0.15, -0.1) is 0 Å². The largest absolute Gasteiger partial charge is 0.450 e. The van der Waals surface area contributed by atoms with Gasteiger partial charge in [0.25, 0.3) is 5.91 Å². The number of methoxy groups -OCH3 is 1. The zero-order chi connectivity index (χ0) is 36.4. The Balaban J connectivity index is 1.42. The number of amides is 3. The fraction of sp³-hybridized carbons (Fsp3) is 0.472. The third kappa shape index (κ3) is 9.50. The number of aromatic nitrogens is 2. The number of piperazine rings is 1. The molecule has 3 aromatic rings. The molecule has 0 saturated carbocycles. The number of hydrogen-bond acceptors (Lipinski definition) is 11. The Morgan fingerprint density at radius 2 is 1.55 bits per heavy atom. The first-order chi connectivity index (χ1) is 24.7. The molecule has 1 aromatic heterocycles. The maximum absolute atomic E-state index is 14.1. The van der Waals surface area contributed by atoms with E-state index < -0.39 is 25.6 Å². The molecular formula is C36H47N6O8P. The van der Waals surface area contributed by atoms with Crippen molar-refractivity contribution in [2.24, 2.45) is 0 Å². The van der Waals surface area contributed by atoms with Crippen molar-refractivity contribution < 1.29 is 37.5 Å². The molecule has 2 aromatic carbocycles. The van der Waals surface area contributed by atoms with Crippen molar-refractivity contribution in [2.45, 2.75) is 45.8 Å². The summed E-state index contributed by atoms with van der Waals surface area (Å²) >= 11 is 0. The third-order valence-electron chi connectivity index (χ3n) is 8.79. The van der Waals surface area contributed by atoms with Crippen molar-refractivity contribution in [3.05, 3.63) is 71.9 Å². The lowest BCUT2D eigenvalue weighted by Gasteiger charge is -2.36. The van der Waals surface area contributed by atoms with Gasteiger partial charge in [0.15, 0.2) is 5.82 Å². The number of carbonyl (C=O) groups is 3. The summed E-state index contributed by atoms with van der Waals surface area (Å²) in [5.74, 6) is 0.150. The number of benzene rings is 2. The number of rotatable bonds is 14. The highest BCUT2D eigenvalue weighted by atomic mass is 31.2. The van der Waals surface area contributed by atoms with Gasteiger partial charge in [-0.25, -0.2) is 14.8 Å². The van der Waals surface area contributed by atoms with Crippen molar-refractivity contribution >= 4 is 36.6 Å². The van der Waals surface area contributed by atoms with Crippen LogP contribution in [0, 0.1) is 0 Å². The maximum atomic E-state index is 14.1. The molecule has 1 N–H and O–H groups in total. The molecule has 3 amide bonds. The van der Waals surface area contributed by atoms with E-state index in [0.717, 1.165) is 17.5 Å². The predicted octanol–water partition coefficient (Wildman–Crippen LogP) is 3.90. The Labute approximate surface area is 299 Å². The Morgan fingerprint density at radius 1 is 0.882 bits per heavy atom. The Kier molecular flexibility index (Phi) is 13.2. The molecular weight excluding hydrogens is 675 g/mol. The van der Waals surface area contributed by atoms with Crippen molar-refractivity contribution in [2.75, 3.05) is 71.1 Å². The molecule has 2 aliphatic heterocycles. The van der Waals surface area contributed by atoms with E-state index >= 15 is 0 Å². The Hall–Kier alpha value is -4.36. The number of hydrogen-bond donors (Lipinski definition) is 1. The highest BCUT2D eigenvalue weighted by molar-refractivity contribution is 7.62. The van der Waals surface area contributed by atoms with Crippen LogP contribution in [0.4, 0.5) is 10.6 Å². The number of nitrogens with zero attached hydrogens (tertiary/aromatic N) is 5. The van der Waals surface area contributed by atoms with Gasteiger partial charge < -0.3 is 38.5 Å². The number of carbonyl (C=O) groups excluding carboxylic acids is 3. The van der Waals surface area contributed by atoms with Gasteiger partial charge in [0.1, 0.15) is 17.6 Å². The van der Waals surface area contributed by atoms with E-state index in [-0.39, 0.29) is 57.0 Å². The van der Waals surface area contributed by atoms with E-state index in [1.54, 1.807) is 68.0 Å². The summed E-state index contributed by atoms with van der Waals surface area (Å²) in [6.45, 7) is 8.42. The molecule has 2 saturated heterocycles. The molecule has 14 nitrogen and oxygen atoms in total. The van der Waals surface area contributed by atoms with Crippen LogP contribution in [-0.4, -0.2) is 116 Å². The number of anilines is 1. The molecule has 2 atom stereocenters. The molecule has 274 valence electrons. The van der Waals surface area contributed by atoms with Crippen LogP contribution < -0.4 is 15.5 Å². The van der Waals surface area contributed by atoms with Gasteiger partial charge in [0.2, 0.25) is 5.91 Å². The summed E-state index contributed by atoms with van der Waals surface area (Å²) in [6, 6.07) is 16.9. The second-order valence-electron chi connectivity index (χ2n) is 12.1. The van der Waals surface area contributed by atoms with Gasteiger partial charge in [-0.1, -0.05) is 42.5 Å². The van der Waals surface area contributed by atoms with E-state index in [4.69, 9.17) is 23.5 Å². The quantitative estimate of drug-likeness (QED) is 0.241. The van der Waals surface area contributed by atoms with E-state index in [0.29, 0.717) is 43.1 Å². The maximum Gasteiger partial charge on any atom is 0.409 e. The fourth-order valence-electron chi connectivity index (χ4n) is 6.11. The van der Waals surface area contributed by atoms with Gasteiger partial charge in [-0.05, 0) is 44.9 Å². The number of ether oxygens (including phenoxy) is 2. The minimum absolute atomic E-state index is 0.0473. The van der Waals surface area contributed by atoms with Crippen molar-refractivity contribution in [3.63, 3.8) is 0 Å². The van der Waals surface area contributed by atoms with Crippen LogP contribution in [0.3, 0.4) is 0 Å². The fourth-order valence-corrected chi connectivity index (χ4v) is 7.68. The number of nitrogens with one attached hydrogen (secondary N) is 1. The van der Waals surface area contributed by atoms with Crippen LogP contribution in [0.15, 0.2) is 60.7 Å². The first-order valence-electron chi connectivity index (χ1n) is 17.4. The average molecular weight is 723 g/mol. The molecule has 2 fully saturated rings. The zero-order valence-corrected chi connectivity index (χ0v) is 30.6. The van der Waals surface area contributed by atoms with Gasteiger partial charge in [0.05, 0.1) is 31.2 Å². The molecule has 0 bridgehead atoms. The highest BCUT2D eigenvalue weighted by Gasteiger charge is 2.33. The van der Waals surface area contributed by atoms with Gasteiger partial charge >= 0.3 is 13.7 Å². The summed E-state index contributed by atoms with van der Waals surface area (Å²) in [4.78, 5) is 55.2. The topological polar surface area (TPSA) is 153 Å². The molecule has 0 radical (unpaired) electrons. The average Bonchev–Trinajstić information content (AvgIpc) is 3.65. The zero-order valence-electron chi connectivity index (χ0n) is 29.7. The lowest BCUT2D eigenvalue weighted by molar-refractivity contribution is -0.134. The summed E-state index contributed by atoms with van der Waals surface area (Å²) in [5, 5.41) is 3.36. The van der Waals surface area contributed by atoms with E-state index in [9.17, 15) is 18.9 Å². The lowest BCUT2D eigenvalue weighted by atomic mass is 10.0. The molecule has 5 rings (SSSR count). The molecule has 0 spiro atoms. The van der Waals surface area contributed by atoms with Gasteiger partial charge in [0, 0.05) is 64.4 Å². The van der Waals surface area contributed by atoms with Crippen LogP contribution in [0.1, 0.15) is 43.2 Å². The summed E-state index contributed by atoms with van der Waals surface area (Å²) < 4.78 is 35.0. The summed E-state index contributed by atoms with van der Waals surface area (Å²) in [5.41, 5.74) is 1.59. The minimum atomic E-state index is -3.51. The van der Waals surface area contributed by atoms with E-state index in [1.807, 2.05) is 30.3 Å². The van der Waals surface area contributed by atoms with Gasteiger partial charge in [-0.3, -0.25) is 14.2 Å². The second-order valence-corrected chi connectivity index (χ2v) is 14.2. The first kappa shape index (κ1) is 37.9. The van der Waals surface area contributed by atoms with Crippen molar-refractivity contribution in [1.82, 2.24) is 25.1 Å². The Morgan fingerprint density at radius 3 is 2.16 bits per heavy atom. The molecule has 2 aliphatic rings. The van der Waals surface area contributed by atoms with Crippen LogP contribution in [0.2, 0.25) is 0 Å². The van der Waals surface area contributed by atoms with Crippen molar-refractivity contribution in [3.8, 4) is 11.4 Å². The highest BCUT2D eigenvalue weighted by Crippen LogP contribution is 2.46. The van der Waals surface area contributed by atoms with Gasteiger partial charge in [-0.2, -0.15) is 0 Å². The smallest absolute Gasteiger partial charge is 0.409 e. The van der Waals surface area contributed by atoms with Crippen LogP contribution in [-0.2, 0) is 34.3 Å². The Bertz CT molecular complexity index is 1680. The predicted molar refractivity (Wildman–Crippen MR) is 192 cm³/mol. The summed E-state index contributed by atoms with van der Waals surface area (Å²) in [7, 11) is -1.83. The molecule has 2 unspecified atom stereocenters. The molecule has 15 heteroatoms. The SMILES string of the molecule is CCOC(=O)N1CCN(C(=O)C(Cc2ccc(P(=O)(OCC)OCC)cc2)NC(=O)c2cc(N3CCC(OC)C3)nc(-c3ccccc3)n2)CC1. The summed E-state index contributed by atoms with van der Waals surface area (Å²) in [6.07, 6.45) is 0.592. The molecule has 0 aliphatic carbocycles. The lowest BCUT2D eigenvalue weighted by Crippen LogP contribution is -2.56. The monoisotopic (exact) mass is 722 g/mol. The minimum Gasteiger partial charge on any atom is -0.450 e.